The molecule has 0 atom stereocenters. The van der Waals surface area contributed by atoms with E-state index in [4.69, 9.17) is 4.74 Å². The second-order valence-electron chi connectivity index (χ2n) is 3.76. The molecule has 0 unspecified atom stereocenters. The van der Waals surface area contributed by atoms with E-state index in [0.717, 1.165) is 0 Å². The monoisotopic (exact) mass is 319 g/mol. The van der Waals surface area contributed by atoms with Gasteiger partial charge in [-0.05, 0) is 58.4 Å². The van der Waals surface area contributed by atoms with Gasteiger partial charge in [-0.3, -0.25) is 9.59 Å². The van der Waals surface area contributed by atoms with Gasteiger partial charge in [0.2, 0.25) is 0 Å². The third-order valence-corrected chi connectivity index (χ3v) is 3.10. The van der Waals surface area contributed by atoms with Crippen LogP contribution >= 0.6 is 15.9 Å². The predicted octanol–water partition coefficient (Wildman–Crippen LogP) is 2.69. The van der Waals surface area contributed by atoms with Crippen LogP contribution in [0.5, 0.6) is 5.75 Å². The Kier molecular flexibility index (Phi) is 4.06. The number of hydrogen-bond acceptors (Lipinski definition) is 3. The number of ether oxygens (including phenoxy) is 1. The Balaban J connectivity index is 2.21. The van der Waals surface area contributed by atoms with Gasteiger partial charge < -0.3 is 4.74 Å². The van der Waals surface area contributed by atoms with Crippen molar-refractivity contribution in [2.75, 3.05) is 7.11 Å². The standard InChI is InChI=1S/C14H10BrNO3/c1-19-11-5-2-9(3-6-11)14(18)16-10-4-7-13(17)12(15)8-10/h2-8H,1H3. The number of aliphatic imine (C=N–C) groups is 1. The number of methoxy groups -OCH3 is 1. The van der Waals surface area contributed by atoms with E-state index in [1.54, 1.807) is 31.4 Å². The van der Waals surface area contributed by atoms with Crippen molar-refractivity contribution in [2.45, 2.75) is 0 Å². The van der Waals surface area contributed by atoms with Gasteiger partial charge in [0.1, 0.15) is 5.75 Å². The molecular formula is C14H10BrNO3. The summed E-state index contributed by atoms with van der Waals surface area (Å²) in [5, 5.41) is 0. The normalized spacial score (nSPS) is 16.4. The number of benzene rings is 1. The molecule has 1 amide bonds. The van der Waals surface area contributed by atoms with Crippen molar-refractivity contribution in [3.63, 3.8) is 0 Å². The molecule has 0 aliphatic heterocycles. The van der Waals surface area contributed by atoms with Gasteiger partial charge >= 0.3 is 0 Å². The van der Waals surface area contributed by atoms with Gasteiger partial charge in [-0.25, -0.2) is 4.99 Å². The van der Waals surface area contributed by atoms with Crippen molar-refractivity contribution in [3.05, 3.63) is 52.5 Å². The number of allylic oxidation sites excluding steroid dienone is 4. The fourth-order valence-electron chi connectivity index (χ4n) is 1.47. The Labute approximate surface area is 118 Å². The summed E-state index contributed by atoms with van der Waals surface area (Å²) in [5.41, 5.74) is 0.899. The van der Waals surface area contributed by atoms with E-state index in [1.165, 1.54) is 18.2 Å². The quantitative estimate of drug-likeness (QED) is 0.787. The van der Waals surface area contributed by atoms with Gasteiger partial charge in [-0.1, -0.05) is 0 Å². The second kappa shape index (κ2) is 5.75. The third kappa shape index (κ3) is 3.26. The van der Waals surface area contributed by atoms with Crippen molar-refractivity contribution in [1.82, 2.24) is 0 Å². The van der Waals surface area contributed by atoms with Crippen molar-refractivity contribution >= 4 is 33.3 Å². The van der Waals surface area contributed by atoms with Gasteiger partial charge in [-0.15, -0.1) is 0 Å². The maximum absolute atomic E-state index is 11.9. The molecule has 96 valence electrons. The van der Waals surface area contributed by atoms with E-state index in [9.17, 15) is 9.59 Å². The first-order chi connectivity index (χ1) is 9.10. The zero-order valence-corrected chi connectivity index (χ0v) is 11.7. The summed E-state index contributed by atoms with van der Waals surface area (Å²) < 4.78 is 5.40. The smallest absolute Gasteiger partial charge is 0.277 e. The fourth-order valence-corrected chi connectivity index (χ4v) is 1.84. The first-order valence-electron chi connectivity index (χ1n) is 5.47. The van der Waals surface area contributed by atoms with Crippen molar-refractivity contribution in [1.29, 1.82) is 0 Å². The molecule has 0 spiro atoms. The highest BCUT2D eigenvalue weighted by Gasteiger charge is 2.11. The molecule has 0 saturated carbocycles. The van der Waals surface area contributed by atoms with Gasteiger partial charge in [0.05, 0.1) is 17.3 Å². The van der Waals surface area contributed by atoms with Crippen molar-refractivity contribution in [2.24, 2.45) is 4.99 Å². The Morgan fingerprint density at radius 1 is 1.21 bits per heavy atom. The van der Waals surface area contributed by atoms with Crippen molar-refractivity contribution in [3.8, 4) is 5.75 Å². The minimum absolute atomic E-state index is 0.143. The largest absolute Gasteiger partial charge is 0.497 e. The average Bonchev–Trinajstić information content (AvgIpc) is 2.43. The van der Waals surface area contributed by atoms with Crippen LogP contribution in [-0.4, -0.2) is 24.5 Å². The molecule has 0 heterocycles. The summed E-state index contributed by atoms with van der Waals surface area (Å²) in [6.07, 6.45) is 4.39. The average molecular weight is 320 g/mol. The number of carbonyl (C=O) groups is 2. The van der Waals surface area contributed by atoms with E-state index in [0.29, 0.717) is 21.5 Å². The van der Waals surface area contributed by atoms with E-state index >= 15 is 0 Å². The summed E-state index contributed by atoms with van der Waals surface area (Å²) in [7, 11) is 1.56. The molecule has 1 aromatic carbocycles. The summed E-state index contributed by atoms with van der Waals surface area (Å²) in [5.74, 6) is 0.166. The Bertz CT molecular complexity index is 612. The van der Waals surface area contributed by atoms with E-state index in [1.807, 2.05) is 0 Å². The number of carbonyl (C=O) groups excluding carboxylic acids is 2. The topological polar surface area (TPSA) is 55.7 Å². The molecule has 5 heteroatoms. The second-order valence-corrected chi connectivity index (χ2v) is 4.61. The Morgan fingerprint density at radius 3 is 2.47 bits per heavy atom. The lowest BCUT2D eigenvalue weighted by Crippen LogP contribution is -2.06. The van der Waals surface area contributed by atoms with Crippen LogP contribution in [0.25, 0.3) is 0 Å². The van der Waals surface area contributed by atoms with Gasteiger partial charge in [0, 0.05) is 5.56 Å². The van der Waals surface area contributed by atoms with Crippen LogP contribution in [0.1, 0.15) is 10.4 Å². The summed E-state index contributed by atoms with van der Waals surface area (Å²) in [6, 6.07) is 6.67. The number of amides is 1. The molecule has 2 rings (SSSR count). The highest BCUT2D eigenvalue weighted by atomic mass is 79.9. The molecule has 0 saturated heterocycles. The fraction of sp³-hybridized carbons (Fsp3) is 0.0714. The van der Waals surface area contributed by atoms with E-state index < -0.39 is 0 Å². The summed E-state index contributed by atoms with van der Waals surface area (Å²) in [6.45, 7) is 0. The molecular weight excluding hydrogens is 310 g/mol. The number of halogens is 1. The SMILES string of the molecule is COc1ccc(C(=O)N=C2C=CC(=O)C(Br)=C2)cc1. The van der Waals surface area contributed by atoms with E-state index in [-0.39, 0.29) is 11.7 Å². The van der Waals surface area contributed by atoms with Crippen LogP contribution in [0.2, 0.25) is 0 Å². The van der Waals surface area contributed by atoms with Crippen LogP contribution in [0, 0.1) is 0 Å². The van der Waals surface area contributed by atoms with Gasteiger partial charge in [-0.2, -0.15) is 0 Å². The molecule has 1 aliphatic rings. The van der Waals surface area contributed by atoms with Crippen LogP contribution in [0.3, 0.4) is 0 Å². The number of rotatable bonds is 2. The van der Waals surface area contributed by atoms with Crippen molar-refractivity contribution < 1.29 is 14.3 Å². The number of ketones is 1. The molecule has 0 aromatic heterocycles. The molecule has 1 aromatic rings. The molecule has 0 bridgehead atoms. The minimum atomic E-state index is -0.367. The number of nitrogens with zero attached hydrogens (tertiary/aromatic N) is 1. The Hall–Kier alpha value is -2.01. The summed E-state index contributed by atoms with van der Waals surface area (Å²) in [4.78, 5) is 27.1. The lowest BCUT2D eigenvalue weighted by atomic mass is 10.1. The maximum Gasteiger partial charge on any atom is 0.277 e. The molecule has 0 N–H and O–H groups in total. The zero-order chi connectivity index (χ0) is 13.8. The third-order valence-electron chi connectivity index (χ3n) is 2.48. The lowest BCUT2D eigenvalue weighted by Gasteiger charge is -2.03. The van der Waals surface area contributed by atoms with Crippen LogP contribution in [0.15, 0.2) is 52.0 Å². The molecule has 0 fully saturated rings. The van der Waals surface area contributed by atoms with Crippen LogP contribution < -0.4 is 4.74 Å². The predicted molar refractivity (Wildman–Crippen MR) is 75.9 cm³/mol. The van der Waals surface area contributed by atoms with Gasteiger partial charge in [0.25, 0.3) is 5.91 Å². The number of hydrogen-bond donors (Lipinski definition) is 0. The van der Waals surface area contributed by atoms with E-state index in [2.05, 4.69) is 20.9 Å². The van der Waals surface area contributed by atoms with Gasteiger partial charge in [0.15, 0.2) is 5.78 Å². The minimum Gasteiger partial charge on any atom is -0.497 e. The first-order valence-corrected chi connectivity index (χ1v) is 6.26. The zero-order valence-electron chi connectivity index (χ0n) is 10.1. The molecule has 4 nitrogen and oxygen atoms in total. The maximum atomic E-state index is 11.9. The molecule has 1 aliphatic carbocycles. The first kappa shape index (κ1) is 13.4. The highest BCUT2D eigenvalue weighted by Crippen LogP contribution is 2.15. The molecule has 0 radical (unpaired) electrons. The summed E-state index contributed by atoms with van der Waals surface area (Å²) >= 11 is 3.11. The lowest BCUT2D eigenvalue weighted by molar-refractivity contribution is -0.110. The Morgan fingerprint density at radius 2 is 1.89 bits per heavy atom. The molecule has 19 heavy (non-hydrogen) atoms. The van der Waals surface area contributed by atoms with Crippen LogP contribution in [-0.2, 0) is 4.79 Å². The van der Waals surface area contributed by atoms with Crippen LogP contribution in [0.4, 0.5) is 0 Å². The highest BCUT2D eigenvalue weighted by molar-refractivity contribution is 9.12.